The van der Waals surface area contributed by atoms with Crippen LogP contribution in [0.3, 0.4) is 0 Å². The summed E-state index contributed by atoms with van der Waals surface area (Å²) in [6, 6.07) is 6.22. The number of nitrogens with one attached hydrogen (secondary N) is 2. The zero-order chi connectivity index (χ0) is 13.5. The van der Waals surface area contributed by atoms with Gasteiger partial charge in [-0.3, -0.25) is 4.79 Å². The molecular weight excluding hydrogens is 224 g/mol. The SMILES string of the molecule is CCc1cccc(C)c1NCC(=O)NCC(C)C. The Morgan fingerprint density at radius 1 is 1.33 bits per heavy atom. The lowest BCUT2D eigenvalue weighted by atomic mass is 10.1. The summed E-state index contributed by atoms with van der Waals surface area (Å²) >= 11 is 0. The second-order valence-corrected chi connectivity index (χ2v) is 5.01. The highest BCUT2D eigenvalue weighted by atomic mass is 16.1. The predicted octanol–water partition coefficient (Wildman–Crippen LogP) is 2.74. The highest BCUT2D eigenvalue weighted by molar-refractivity contribution is 5.81. The van der Waals surface area contributed by atoms with Gasteiger partial charge in [-0.25, -0.2) is 0 Å². The lowest BCUT2D eigenvalue weighted by molar-refractivity contribution is -0.119. The Labute approximate surface area is 110 Å². The second kappa shape index (κ2) is 7.04. The van der Waals surface area contributed by atoms with Crippen molar-refractivity contribution in [2.75, 3.05) is 18.4 Å². The van der Waals surface area contributed by atoms with E-state index in [4.69, 9.17) is 0 Å². The largest absolute Gasteiger partial charge is 0.376 e. The van der Waals surface area contributed by atoms with Gasteiger partial charge < -0.3 is 10.6 Å². The number of amides is 1. The van der Waals surface area contributed by atoms with Crippen LogP contribution in [0.4, 0.5) is 5.69 Å². The summed E-state index contributed by atoms with van der Waals surface area (Å²) in [5, 5.41) is 6.15. The summed E-state index contributed by atoms with van der Waals surface area (Å²) in [5.74, 6) is 0.535. The molecule has 18 heavy (non-hydrogen) atoms. The van der Waals surface area contributed by atoms with Gasteiger partial charge in [-0.05, 0) is 30.4 Å². The number of benzene rings is 1. The number of hydrogen-bond donors (Lipinski definition) is 2. The van der Waals surface area contributed by atoms with Crippen LogP contribution in [0.2, 0.25) is 0 Å². The second-order valence-electron chi connectivity index (χ2n) is 5.01. The van der Waals surface area contributed by atoms with E-state index < -0.39 is 0 Å². The fourth-order valence-electron chi connectivity index (χ4n) is 1.83. The van der Waals surface area contributed by atoms with E-state index in [1.54, 1.807) is 0 Å². The highest BCUT2D eigenvalue weighted by Crippen LogP contribution is 2.20. The third-order valence-corrected chi connectivity index (χ3v) is 2.87. The van der Waals surface area contributed by atoms with Gasteiger partial charge in [0.1, 0.15) is 0 Å². The summed E-state index contributed by atoms with van der Waals surface area (Å²) < 4.78 is 0. The van der Waals surface area contributed by atoms with Crippen LogP contribution >= 0.6 is 0 Å². The minimum Gasteiger partial charge on any atom is -0.376 e. The number of carbonyl (C=O) groups excluding carboxylic acids is 1. The van der Waals surface area contributed by atoms with Crippen molar-refractivity contribution in [2.24, 2.45) is 5.92 Å². The van der Waals surface area contributed by atoms with E-state index in [9.17, 15) is 4.79 Å². The van der Waals surface area contributed by atoms with E-state index in [2.05, 4.69) is 56.5 Å². The maximum Gasteiger partial charge on any atom is 0.239 e. The first-order chi connectivity index (χ1) is 8.54. The number of hydrogen-bond acceptors (Lipinski definition) is 2. The monoisotopic (exact) mass is 248 g/mol. The summed E-state index contributed by atoms with van der Waals surface area (Å²) in [6.07, 6.45) is 0.970. The van der Waals surface area contributed by atoms with E-state index in [1.165, 1.54) is 11.1 Å². The molecule has 0 aliphatic carbocycles. The molecule has 0 heterocycles. The molecule has 3 heteroatoms. The van der Waals surface area contributed by atoms with Gasteiger partial charge in [-0.2, -0.15) is 0 Å². The molecule has 0 saturated heterocycles. The Morgan fingerprint density at radius 2 is 2.06 bits per heavy atom. The van der Waals surface area contributed by atoms with Gasteiger partial charge in [0.15, 0.2) is 0 Å². The number of aryl methyl sites for hydroxylation is 2. The highest BCUT2D eigenvalue weighted by Gasteiger charge is 2.06. The van der Waals surface area contributed by atoms with E-state index in [0.29, 0.717) is 12.5 Å². The molecule has 0 fully saturated rings. The predicted molar refractivity (Wildman–Crippen MR) is 76.9 cm³/mol. The summed E-state index contributed by atoms with van der Waals surface area (Å²) in [5.41, 5.74) is 3.54. The van der Waals surface area contributed by atoms with Crippen LogP contribution in [0, 0.1) is 12.8 Å². The zero-order valence-electron chi connectivity index (χ0n) is 11.8. The first-order valence-electron chi connectivity index (χ1n) is 6.63. The van der Waals surface area contributed by atoms with Crippen LogP contribution in [-0.2, 0) is 11.2 Å². The van der Waals surface area contributed by atoms with E-state index in [1.807, 2.05) is 0 Å². The standard InChI is InChI=1S/C15H24N2O/c1-5-13-8-6-7-12(4)15(13)17-10-14(18)16-9-11(2)3/h6-8,11,17H,5,9-10H2,1-4H3,(H,16,18). The van der Waals surface area contributed by atoms with Crippen molar-refractivity contribution < 1.29 is 4.79 Å². The lowest BCUT2D eigenvalue weighted by Crippen LogP contribution is -2.32. The molecule has 3 nitrogen and oxygen atoms in total. The van der Waals surface area contributed by atoms with Crippen molar-refractivity contribution in [2.45, 2.75) is 34.1 Å². The minimum absolute atomic E-state index is 0.0500. The van der Waals surface area contributed by atoms with E-state index in [-0.39, 0.29) is 5.91 Å². The molecule has 0 aliphatic heterocycles. The fourth-order valence-corrected chi connectivity index (χ4v) is 1.83. The van der Waals surface area contributed by atoms with Crippen LogP contribution in [-0.4, -0.2) is 19.0 Å². The average molecular weight is 248 g/mol. The molecule has 1 amide bonds. The fraction of sp³-hybridized carbons (Fsp3) is 0.533. The Balaban J connectivity index is 2.55. The molecule has 2 N–H and O–H groups in total. The van der Waals surface area contributed by atoms with Crippen molar-refractivity contribution in [3.8, 4) is 0 Å². The molecule has 0 saturated carbocycles. The zero-order valence-corrected chi connectivity index (χ0v) is 11.8. The summed E-state index contributed by atoms with van der Waals surface area (Å²) in [7, 11) is 0. The van der Waals surface area contributed by atoms with Crippen LogP contribution in [0.25, 0.3) is 0 Å². The van der Waals surface area contributed by atoms with E-state index >= 15 is 0 Å². The van der Waals surface area contributed by atoms with Crippen molar-refractivity contribution in [3.05, 3.63) is 29.3 Å². The lowest BCUT2D eigenvalue weighted by Gasteiger charge is -2.14. The van der Waals surface area contributed by atoms with Crippen molar-refractivity contribution >= 4 is 11.6 Å². The van der Waals surface area contributed by atoms with Gasteiger partial charge >= 0.3 is 0 Å². The van der Waals surface area contributed by atoms with Gasteiger partial charge in [0.25, 0.3) is 0 Å². The molecule has 0 bridgehead atoms. The first kappa shape index (κ1) is 14.6. The number of carbonyl (C=O) groups is 1. The molecule has 0 unspecified atom stereocenters. The molecular formula is C15H24N2O. The Morgan fingerprint density at radius 3 is 2.67 bits per heavy atom. The maximum absolute atomic E-state index is 11.7. The van der Waals surface area contributed by atoms with Crippen molar-refractivity contribution in [3.63, 3.8) is 0 Å². The third kappa shape index (κ3) is 4.40. The molecule has 1 rings (SSSR count). The number of para-hydroxylation sites is 1. The van der Waals surface area contributed by atoms with Crippen LogP contribution in [0.15, 0.2) is 18.2 Å². The normalized spacial score (nSPS) is 10.5. The van der Waals surface area contributed by atoms with Gasteiger partial charge in [-0.15, -0.1) is 0 Å². The van der Waals surface area contributed by atoms with Gasteiger partial charge in [0.05, 0.1) is 6.54 Å². The van der Waals surface area contributed by atoms with E-state index in [0.717, 1.165) is 18.7 Å². The molecule has 0 aliphatic rings. The smallest absolute Gasteiger partial charge is 0.239 e. The average Bonchev–Trinajstić information content (AvgIpc) is 2.34. The summed E-state index contributed by atoms with van der Waals surface area (Å²) in [4.78, 5) is 11.7. The van der Waals surface area contributed by atoms with Crippen LogP contribution < -0.4 is 10.6 Å². The Bertz CT molecular complexity index is 399. The molecule has 0 spiro atoms. The molecule has 1 aromatic rings. The van der Waals surface area contributed by atoms with Crippen LogP contribution in [0.1, 0.15) is 31.9 Å². The molecule has 1 aromatic carbocycles. The van der Waals surface area contributed by atoms with Gasteiger partial charge in [-0.1, -0.05) is 39.0 Å². The quantitative estimate of drug-likeness (QED) is 0.812. The molecule has 0 atom stereocenters. The molecule has 100 valence electrons. The van der Waals surface area contributed by atoms with Gasteiger partial charge in [0, 0.05) is 12.2 Å². The Hall–Kier alpha value is -1.51. The van der Waals surface area contributed by atoms with Gasteiger partial charge in [0.2, 0.25) is 5.91 Å². The maximum atomic E-state index is 11.7. The van der Waals surface area contributed by atoms with Crippen LogP contribution in [0.5, 0.6) is 0 Å². The first-order valence-corrected chi connectivity index (χ1v) is 6.63. The van der Waals surface area contributed by atoms with Crippen molar-refractivity contribution in [1.29, 1.82) is 0 Å². The van der Waals surface area contributed by atoms with Crippen molar-refractivity contribution in [1.82, 2.24) is 5.32 Å². The molecule has 0 aromatic heterocycles. The summed E-state index contributed by atoms with van der Waals surface area (Å²) in [6.45, 7) is 9.43. The third-order valence-electron chi connectivity index (χ3n) is 2.87. The molecule has 0 radical (unpaired) electrons. The topological polar surface area (TPSA) is 41.1 Å². The number of anilines is 1. The minimum atomic E-state index is 0.0500. The number of rotatable bonds is 6. The Kier molecular flexibility index (Phi) is 5.69.